The Kier molecular flexibility index (Phi) is 3.79. The van der Waals surface area contributed by atoms with Gasteiger partial charge in [-0.3, -0.25) is 9.48 Å². The average Bonchev–Trinajstić information content (AvgIpc) is 3.19. The van der Waals surface area contributed by atoms with Gasteiger partial charge in [-0.1, -0.05) is 0 Å². The number of methoxy groups -OCH3 is 1. The molecule has 0 unspecified atom stereocenters. The Morgan fingerprint density at radius 2 is 2.43 bits per heavy atom. The minimum atomic E-state index is 0.0356. The highest BCUT2D eigenvalue weighted by atomic mass is 16.5. The first-order valence-electron chi connectivity index (χ1n) is 7.13. The summed E-state index contributed by atoms with van der Waals surface area (Å²) in [4.78, 5) is 17.5. The van der Waals surface area contributed by atoms with E-state index in [-0.39, 0.29) is 18.1 Å². The summed E-state index contributed by atoms with van der Waals surface area (Å²) in [7, 11) is 3.61. The Morgan fingerprint density at radius 3 is 3.05 bits per heavy atom. The summed E-state index contributed by atoms with van der Waals surface area (Å²) in [5, 5.41) is 4.20. The van der Waals surface area contributed by atoms with Gasteiger partial charge in [-0.2, -0.15) is 5.10 Å². The summed E-state index contributed by atoms with van der Waals surface area (Å²) in [6.45, 7) is 0.724. The highest BCUT2D eigenvalue weighted by molar-refractivity contribution is 5.92. The van der Waals surface area contributed by atoms with Crippen LogP contribution in [-0.4, -0.2) is 51.4 Å². The van der Waals surface area contributed by atoms with E-state index in [1.165, 1.54) is 0 Å². The molecule has 0 bridgehead atoms. The molecule has 1 N–H and O–H groups in total. The summed E-state index contributed by atoms with van der Waals surface area (Å²) in [5.74, 6) is 0.0356. The van der Waals surface area contributed by atoms with Crippen LogP contribution in [0.2, 0.25) is 0 Å². The quantitative estimate of drug-likeness (QED) is 0.920. The van der Waals surface area contributed by atoms with Gasteiger partial charge in [0.15, 0.2) is 0 Å². The highest BCUT2D eigenvalue weighted by Gasteiger charge is 2.37. The van der Waals surface area contributed by atoms with Gasteiger partial charge in [-0.25, -0.2) is 0 Å². The van der Waals surface area contributed by atoms with Crippen LogP contribution in [0.15, 0.2) is 30.7 Å². The Morgan fingerprint density at radius 1 is 1.57 bits per heavy atom. The second-order valence-corrected chi connectivity index (χ2v) is 5.44. The third-order valence-corrected chi connectivity index (χ3v) is 4.08. The van der Waals surface area contributed by atoms with Gasteiger partial charge in [-0.05, 0) is 30.5 Å². The number of hydrogen-bond donors (Lipinski definition) is 1. The van der Waals surface area contributed by atoms with Crippen LogP contribution in [0.1, 0.15) is 22.5 Å². The molecule has 0 saturated carbocycles. The van der Waals surface area contributed by atoms with Crippen molar-refractivity contribution in [1.82, 2.24) is 19.7 Å². The predicted octanol–water partition coefficient (Wildman–Crippen LogP) is 1.22. The number of aryl methyl sites for hydroxylation is 1. The maximum atomic E-state index is 12.6. The number of hydrogen-bond acceptors (Lipinski definition) is 3. The molecule has 1 fully saturated rings. The molecule has 1 aliphatic rings. The van der Waals surface area contributed by atoms with Crippen LogP contribution in [0, 0.1) is 0 Å². The zero-order chi connectivity index (χ0) is 14.8. The van der Waals surface area contributed by atoms with E-state index < -0.39 is 0 Å². The summed E-state index contributed by atoms with van der Waals surface area (Å²) in [6, 6.07) is 3.70. The van der Waals surface area contributed by atoms with Crippen LogP contribution >= 0.6 is 0 Å². The lowest BCUT2D eigenvalue weighted by molar-refractivity contribution is 0.0505. The van der Waals surface area contributed by atoms with Crippen molar-refractivity contribution in [2.75, 3.05) is 13.7 Å². The smallest absolute Gasteiger partial charge is 0.270 e. The van der Waals surface area contributed by atoms with E-state index in [4.69, 9.17) is 4.74 Å². The fourth-order valence-corrected chi connectivity index (χ4v) is 3.03. The van der Waals surface area contributed by atoms with E-state index in [9.17, 15) is 4.79 Å². The molecule has 0 spiro atoms. The number of amides is 1. The molecule has 6 nitrogen and oxygen atoms in total. The molecule has 1 amide bonds. The Labute approximate surface area is 123 Å². The van der Waals surface area contributed by atoms with Gasteiger partial charge in [0.25, 0.3) is 5.91 Å². The van der Waals surface area contributed by atoms with Crippen molar-refractivity contribution < 1.29 is 9.53 Å². The maximum Gasteiger partial charge on any atom is 0.270 e. The Bertz CT molecular complexity index is 605. The summed E-state index contributed by atoms with van der Waals surface area (Å²) >= 11 is 0. The molecule has 1 aliphatic heterocycles. The van der Waals surface area contributed by atoms with Crippen molar-refractivity contribution in [2.45, 2.75) is 25.0 Å². The van der Waals surface area contributed by atoms with Crippen molar-refractivity contribution >= 4 is 5.91 Å². The maximum absolute atomic E-state index is 12.6. The third-order valence-electron chi connectivity index (χ3n) is 4.08. The normalized spacial score (nSPS) is 21.9. The second kappa shape index (κ2) is 5.73. The largest absolute Gasteiger partial charge is 0.379 e. The van der Waals surface area contributed by atoms with Gasteiger partial charge in [0, 0.05) is 33.1 Å². The minimum Gasteiger partial charge on any atom is -0.379 e. The van der Waals surface area contributed by atoms with Crippen LogP contribution < -0.4 is 0 Å². The second-order valence-electron chi connectivity index (χ2n) is 5.44. The van der Waals surface area contributed by atoms with Gasteiger partial charge >= 0.3 is 0 Å². The van der Waals surface area contributed by atoms with Crippen LogP contribution in [0.4, 0.5) is 0 Å². The average molecular weight is 288 g/mol. The highest BCUT2D eigenvalue weighted by Crippen LogP contribution is 2.25. The number of nitrogens with one attached hydrogen (secondary N) is 1. The molecule has 2 aromatic rings. The molecule has 0 radical (unpaired) electrons. The topological polar surface area (TPSA) is 63.1 Å². The number of aromatic amines is 1. The van der Waals surface area contributed by atoms with Crippen LogP contribution in [-0.2, 0) is 18.2 Å². The van der Waals surface area contributed by atoms with E-state index in [2.05, 4.69) is 10.1 Å². The molecular weight excluding hydrogens is 268 g/mol. The first-order chi connectivity index (χ1) is 10.2. The first kappa shape index (κ1) is 13.9. The van der Waals surface area contributed by atoms with Gasteiger partial charge in [0.2, 0.25) is 0 Å². The minimum absolute atomic E-state index is 0.0356. The van der Waals surface area contributed by atoms with Gasteiger partial charge < -0.3 is 14.6 Å². The number of H-pyrrole nitrogens is 1. The van der Waals surface area contributed by atoms with Crippen molar-refractivity contribution in [1.29, 1.82) is 0 Å². The number of likely N-dealkylation sites (tertiary alicyclic amines) is 1. The van der Waals surface area contributed by atoms with Crippen molar-refractivity contribution in [3.8, 4) is 0 Å². The molecule has 3 heterocycles. The van der Waals surface area contributed by atoms with Crippen LogP contribution in [0.3, 0.4) is 0 Å². The van der Waals surface area contributed by atoms with Crippen molar-refractivity contribution in [3.05, 3.63) is 42.0 Å². The Balaban J connectivity index is 1.80. The molecule has 1 saturated heterocycles. The summed E-state index contributed by atoms with van der Waals surface area (Å²) in [5.41, 5.74) is 1.75. The number of aromatic nitrogens is 3. The first-order valence-corrected chi connectivity index (χ1v) is 7.13. The lowest BCUT2D eigenvalue weighted by Crippen LogP contribution is -2.41. The van der Waals surface area contributed by atoms with Gasteiger partial charge in [0.05, 0.1) is 18.3 Å². The molecule has 21 heavy (non-hydrogen) atoms. The number of rotatable bonds is 4. The van der Waals surface area contributed by atoms with E-state index in [0.717, 1.165) is 24.9 Å². The molecule has 2 atom stereocenters. The zero-order valence-electron chi connectivity index (χ0n) is 12.3. The number of nitrogens with zero attached hydrogens (tertiary/aromatic N) is 3. The van der Waals surface area contributed by atoms with Gasteiger partial charge in [0.1, 0.15) is 5.69 Å². The fourth-order valence-electron chi connectivity index (χ4n) is 3.03. The summed E-state index contributed by atoms with van der Waals surface area (Å²) < 4.78 is 7.35. The Hall–Kier alpha value is -2.08. The van der Waals surface area contributed by atoms with Gasteiger partial charge in [-0.15, -0.1) is 0 Å². The molecule has 0 aliphatic carbocycles. The van der Waals surface area contributed by atoms with E-state index in [1.807, 2.05) is 36.5 Å². The molecule has 6 heteroatoms. The molecule has 0 aromatic carbocycles. The number of carbonyl (C=O) groups is 1. The molecule has 3 rings (SSSR count). The zero-order valence-corrected chi connectivity index (χ0v) is 12.3. The predicted molar refractivity (Wildman–Crippen MR) is 77.9 cm³/mol. The lowest BCUT2D eigenvalue weighted by atomic mass is 10.0. The number of ether oxygens (including phenoxy) is 1. The molecule has 2 aromatic heterocycles. The van der Waals surface area contributed by atoms with Crippen molar-refractivity contribution in [2.24, 2.45) is 7.05 Å². The lowest BCUT2D eigenvalue weighted by Gasteiger charge is -2.27. The third kappa shape index (κ3) is 2.71. The monoisotopic (exact) mass is 288 g/mol. The molecule has 112 valence electrons. The van der Waals surface area contributed by atoms with E-state index in [1.54, 1.807) is 18.0 Å². The van der Waals surface area contributed by atoms with Crippen LogP contribution in [0.5, 0.6) is 0 Å². The summed E-state index contributed by atoms with van der Waals surface area (Å²) in [6.07, 6.45) is 7.31. The SMILES string of the molecule is CO[C@@H]1CCN(C(=O)c2ccc[nH]2)[C@H]1Cc1cnn(C)c1. The number of carbonyl (C=O) groups excluding carboxylic acids is 1. The van der Waals surface area contributed by atoms with Crippen molar-refractivity contribution in [3.63, 3.8) is 0 Å². The molecular formula is C15H20N4O2. The van der Waals surface area contributed by atoms with E-state index in [0.29, 0.717) is 5.69 Å². The fraction of sp³-hybridized carbons (Fsp3) is 0.467. The van der Waals surface area contributed by atoms with E-state index >= 15 is 0 Å². The standard InChI is InChI=1S/C15H20N4O2/c1-18-10-11(9-17-18)8-13-14(21-2)5-7-19(13)15(20)12-4-3-6-16-12/h3-4,6,9-10,13-14,16H,5,7-8H2,1-2H3/t13-,14+/m0/s1. The van der Waals surface area contributed by atoms with Crippen LogP contribution in [0.25, 0.3) is 0 Å².